The molecule has 22 heavy (non-hydrogen) atoms. The van der Waals surface area contributed by atoms with Crippen LogP contribution in [0.2, 0.25) is 0 Å². The molecule has 5 heteroatoms. The van der Waals surface area contributed by atoms with Gasteiger partial charge in [0.2, 0.25) is 0 Å². The molecule has 0 atom stereocenters. The zero-order valence-electron chi connectivity index (χ0n) is 11.8. The molecule has 3 rings (SSSR count). The van der Waals surface area contributed by atoms with E-state index in [0.29, 0.717) is 5.76 Å². The molecule has 0 amide bonds. The average Bonchev–Trinajstić information content (AvgIpc) is 2.86. The fourth-order valence-electron chi connectivity index (χ4n) is 2.18. The molecule has 0 radical (unpaired) electrons. The van der Waals surface area contributed by atoms with Gasteiger partial charge in [-0.05, 0) is 42.8 Å². The van der Waals surface area contributed by atoms with Gasteiger partial charge in [0.15, 0.2) is 0 Å². The lowest BCUT2D eigenvalue weighted by Crippen LogP contribution is -2.05. The van der Waals surface area contributed by atoms with Crippen LogP contribution in [0, 0.1) is 6.92 Å². The van der Waals surface area contributed by atoms with Crippen LogP contribution in [0.4, 0.5) is 13.2 Å². The van der Waals surface area contributed by atoms with E-state index in [-0.39, 0.29) is 12.4 Å². The predicted molar refractivity (Wildman–Crippen MR) is 76.7 cm³/mol. The SMILES string of the molecule is Cc1ccc2cc(COc3cccc(C(F)(F)F)c3)oc2c1. The maximum absolute atomic E-state index is 12.6. The number of aryl methyl sites for hydroxylation is 1. The number of hydrogen-bond donors (Lipinski definition) is 0. The third-order valence-electron chi connectivity index (χ3n) is 3.27. The molecule has 114 valence electrons. The van der Waals surface area contributed by atoms with Gasteiger partial charge in [0.1, 0.15) is 23.7 Å². The number of fused-ring (bicyclic) bond motifs is 1. The molecular weight excluding hydrogens is 293 g/mol. The van der Waals surface area contributed by atoms with E-state index in [1.807, 2.05) is 31.2 Å². The Balaban J connectivity index is 1.76. The Bertz CT molecular complexity index is 803. The molecule has 0 aliphatic rings. The van der Waals surface area contributed by atoms with Crippen LogP contribution < -0.4 is 4.74 Å². The van der Waals surface area contributed by atoms with Crippen LogP contribution >= 0.6 is 0 Å². The molecule has 0 saturated carbocycles. The van der Waals surface area contributed by atoms with E-state index in [0.717, 1.165) is 28.7 Å². The van der Waals surface area contributed by atoms with Crippen molar-refractivity contribution in [3.63, 3.8) is 0 Å². The first-order chi connectivity index (χ1) is 10.4. The number of rotatable bonds is 3. The van der Waals surface area contributed by atoms with Gasteiger partial charge in [-0.25, -0.2) is 0 Å². The van der Waals surface area contributed by atoms with E-state index in [1.165, 1.54) is 12.1 Å². The number of furan rings is 1. The highest BCUT2D eigenvalue weighted by molar-refractivity contribution is 5.78. The normalized spacial score (nSPS) is 11.8. The number of alkyl halides is 3. The van der Waals surface area contributed by atoms with Crippen molar-refractivity contribution in [3.8, 4) is 5.75 Å². The third-order valence-corrected chi connectivity index (χ3v) is 3.27. The molecule has 0 unspecified atom stereocenters. The second kappa shape index (κ2) is 5.40. The van der Waals surface area contributed by atoms with Gasteiger partial charge in [0.05, 0.1) is 5.56 Å². The summed E-state index contributed by atoms with van der Waals surface area (Å²) in [5, 5.41) is 0.938. The van der Waals surface area contributed by atoms with Gasteiger partial charge in [0, 0.05) is 5.39 Å². The second-order valence-corrected chi connectivity index (χ2v) is 5.07. The number of hydrogen-bond acceptors (Lipinski definition) is 2. The van der Waals surface area contributed by atoms with E-state index in [2.05, 4.69) is 0 Å². The lowest BCUT2D eigenvalue weighted by atomic mass is 10.2. The number of halogens is 3. The van der Waals surface area contributed by atoms with E-state index in [9.17, 15) is 13.2 Å². The maximum atomic E-state index is 12.6. The smallest absolute Gasteiger partial charge is 0.416 e. The Morgan fingerprint density at radius 3 is 2.64 bits per heavy atom. The summed E-state index contributed by atoms with van der Waals surface area (Å²) in [4.78, 5) is 0. The van der Waals surface area contributed by atoms with Crippen LogP contribution in [0.3, 0.4) is 0 Å². The number of benzene rings is 2. The summed E-state index contributed by atoms with van der Waals surface area (Å²) in [6, 6.07) is 12.4. The summed E-state index contributed by atoms with van der Waals surface area (Å²) < 4.78 is 48.9. The van der Waals surface area contributed by atoms with Crippen LogP contribution in [0.5, 0.6) is 5.75 Å². The summed E-state index contributed by atoms with van der Waals surface area (Å²) in [5.74, 6) is 0.726. The molecule has 3 aromatic rings. The summed E-state index contributed by atoms with van der Waals surface area (Å²) in [6.07, 6.45) is -4.38. The molecule has 0 bridgehead atoms. The fraction of sp³-hybridized carbons (Fsp3) is 0.176. The summed E-state index contributed by atoms with van der Waals surface area (Å²) in [5.41, 5.74) is 1.08. The van der Waals surface area contributed by atoms with Gasteiger partial charge in [-0.15, -0.1) is 0 Å². The molecule has 2 nitrogen and oxygen atoms in total. The summed E-state index contributed by atoms with van der Waals surface area (Å²) >= 11 is 0. The van der Waals surface area contributed by atoms with Crippen molar-refractivity contribution in [1.82, 2.24) is 0 Å². The van der Waals surface area contributed by atoms with Crippen molar-refractivity contribution in [1.29, 1.82) is 0 Å². The van der Waals surface area contributed by atoms with E-state index < -0.39 is 11.7 Å². The van der Waals surface area contributed by atoms with E-state index in [1.54, 1.807) is 0 Å². The predicted octanol–water partition coefficient (Wildman–Crippen LogP) is 5.34. The number of ether oxygens (including phenoxy) is 1. The van der Waals surface area contributed by atoms with Gasteiger partial charge in [-0.3, -0.25) is 0 Å². The van der Waals surface area contributed by atoms with E-state index >= 15 is 0 Å². The van der Waals surface area contributed by atoms with Crippen molar-refractivity contribution < 1.29 is 22.3 Å². The molecule has 0 fully saturated rings. The highest BCUT2D eigenvalue weighted by atomic mass is 19.4. The van der Waals surface area contributed by atoms with E-state index in [4.69, 9.17) is 9.15 Å². The fourth-order valence-corrected chi connectivity index (χ4v) is 2.18. The molecular formula is C17H13F3O2. The molecule has 1 aromatic heterocycles. The molecule has 1 heterocycles. The Kier molecular flexibility index (Phi) is 3.56. The van der Waals surface area contributed by atoms with Gasteiger partial charge in [-0.1, -0.05) is 18.2 Å². The molecule has 0 aliphatic heterocycles. The lowest BCUT2D eigenvalue weighted by molar-refractivity contribution is -0.137. The van der Waals surface area contributed by atoms with Crippen LogP contribution in [-0.2, 0) is 12.8 Å². The lowest BCUT2D eigenvalue weighted by Gasteiger charge is -2.09. The quantitative estimate of drug-likeness (QED) is 0.652. The summed E-state index contributed by atoms with van der Waals surface area (Å²) in [6.45, 7) is 2.04. The van der Waals surface area contributed by atoms with Crippen LogP contribution in [0.1, 0.15) is 16.9 Å². The van der Waals surface area contributed by atoms with Crippen molar-refractivity contribution in [2.45, 2.75) is 19.7 Å². The third kappa shape index (κ3) is 3.08. The Morgan fingerprint density at radius 2 is 1.86 bits per heavy atom. The highest BCUT2D eigenvalue weighted by Gasteiger charge is 2.30. The minimum atomic E-state index is -4.38. The molecule has 0 N–H and O–H groups in total. The van der Waals surface area contributed by atoms with Crippen molar-refractivity contribution in [2.24, 2.45) is 0 Å². The van der Waals surface area contributed by atoms with Crippen molar-refractivity contribution in [2.75, 3.05) is 0 Å². The molecule has 2 aromatic carbocycles. The Labute approximate surface area is 125 Å². The minimum Gasteiger partial charge on any atom is -0.486 e. The average molecular weight is 306 g/mol. The zero-order chi connectivity index (χ0) is 15.7. The van der Waals surface area contributed by atoms with Crippen LogP contribution in [0.25, 0.3) is 11.0 Å². The largest absolute Gasteiger partial charge is 0.486 e. The van der Waals surface area contributed by atoms with Crippen molar-refractivity contribution in [3.05, 3.63) is 65.4 Å². The maximum Gasteiger partial charge on any atom is 0.416 e. The first-order valence-electron chi connectivity index (χ1n) is 6.71. The Hall–Kier alpha value is -2.43. The highest BCUT2D eigenvalue weighted by Crippen LogP contribution is 2.31. The van der Waals surface area contributed by atoms with Gasteiger partial charge in [0.25, 0.3) is 0 Å². The molecule has 0 saturated heterocycles. The van der Waals surface area contributed by atoms with Crippen molar-refractivity contribution >= 4 is 11.0 Å². The first-order valence-corrected chi connectivity index (χ1v) is 6.71. The zero-order valence-corrected chi connectivity index (χ0v) is 11.8. The summed E-state index contributed by atoms with van der Waals surface area (Å²) in [7, 11) is 0. The Morgan fingerprint density at radius 1 is 1.05 bits per heavy atom. The molecule has 0 aliphatic carbocycles. The first kappa shape index (κ1) is 14.5. The topological polar surface area (TPSA) is 22.4 Å². The van der Waals surface area contributed by atoms with Gasteiger partial charge >= 0.3 is 6.18 Å². The molecule has 0 spiro atoms. The second-order valence-electron chi connectivity index (χ2n) is 5.07. The standard InChI is InChI=1S/C17H13F3O2/c1-11-5-6-12-8-15(22-16(12)7-11)10-21-14-4-2-3-13(9-14)17(18,19)20/h2-9H,10H2,1H3. The van der Waals surface area contributed by atoms with Crippen LogP contribution in [0.15, 0.2) is 52.9 Å². The van der Waals surface area contributed by atoms with Gasteiger partial charge < -0.3 is 9.15 Å². The minimum absolute atomic E-state index is 0.0784. The monoisotopic (exact) mass is 306 g/mol. The van der Waals surface area contributed by atoms with Crippen LogP contribution in [-0.4, -0.2) is 0 Å². The van der Waals surface area contributed by atoms with Gasteiger partial charge in [-0.2, -0.15) is 13.2 Å².